The third kappa shape index (κ3) is 3.37. The number of halogens is 1. The van der Waals surface area contributed by atoms with E-state index in [-0.39, 0.29) is 11.7 Å². The van der Waals surface area contributed by atoms with Crippen molar-refractivity contribution < 1.29 is 14.3 Å². The van der Waals surface area contributed by atoms with Crippen molar-refractivity contribution in [3.8, 4) is 5.75 Å². The van der Waals surface area contributed by atoms with Gasteiger partial charge in [0.25, 0.3) is 5.91 Å². The van der Waals surface area contributed by atoms with Gasteiger partial charge in [-0.15, -0.1) is 0 Å². The number of carbonyl (C=O) groups is 2. The fourth-order valence-electron chi connectivity index (χ4n) is 4.14. The third-order valence-electron chi connectivity index (χ3n) is 5.59. The first-order valence-electron chi connectivity index (χ1n) is 9.26. The van der Waals surface area contributed by atoms with E-state index in [0.717, 1.165) is 26.0 Å². The van der Waals surface area contributed by atoms with Gasteiger partial charge in [-0.1, -0.05) is 18.2 Å². The lowest BCUT2D eigenvalue weighted by Gasteiger charge is -2.44. The zero-order chi connectivity index (χ0) is 19.2. The number of rotatable bonds is 1. The second-order valence-corrected chi connectivity index (χ2v) is 8.78. The van der Waals surface area contributed by atoms with Gasteiger partial charge in [-0.2, -0.15) is 0 Å². The lowest BCUT2D eigenvalue weighted by atomic mass is 9.81. The number of nitrogens with zero attached hydrogens (tertiary/aromatic N) is 1. The van der Waals surface area contributed by atoms with E-state index < -0.39 is 5.60 Å². The number of amides is 1. The molecule has 1 spiro atoms. The molecule has 2 heterocycles. The van der Waals surface area contributed by atoms with Gasteiger partial charge in [-0.25, -0.2) is 0 Å². The van der Waals surface area contributed by atoms with Gasteiger partial charge in [0.1, 0.15) is 11.4 Å². The van der Waals surface area contributed by atoms with E-state index in [4.69, 9.17) is 4.74 Å². The summed E-state index contributed by atoms with van der Waals surface area (Å²) in [5.41, 5.74) is 3.05. The van der Waals surface area contributed by atoms with Crippen molar-refractivity contribution in [2.24, 2.45) is 0 Å². The van der Waals surface area contributed by atoms with Gasteiger partial charge in [0.05, 0.1) is 17.5 Å². The molecule has 5 heteroatoms. The summed E-state index contributed by atoms with van der Waals surface area (Å²) in [7, 11) is 0. The van der Waals surface area contributed by atoms with Crippen LogP contribution in [0.5, 0.6) is 5.75 Å². The summed E-state index contributed by atoms with van der Waals surface area (Å²) in [6.45, 7) is 5.21. The Morgan fingerprint density at radius 2 is 1.85 bits per heavy atom. The molecule has 0 unspecified atom stereocenters. The Balaban J connectivity index is 1.53. The van der Waals surface area contributed by atoms with Crippen LogP contribution in [0.1, 0.15) is 51.1 Å². The van der Waals surface area contributed by atoms with Crippen LogP contribution in [-0.2, 0) is 0 Å². The predicted octanol–water partition coefficient (Wildman–Crippen LogP) is 4.55. The Morgan fingerprint density at radius 3 is 2.56 bits per heavy atom. The summed E-state index contributed by atoms with van der Waals surface area (Å²) in [5.74, 6) is 0.943. The molecular formula is C22H22INO3. The van der Waals surface area contributed by atoms with Gasteiger partial charge < -0.3 is 9.64 Å². The average molecular weight is 475 g/mol. The second-order valence-electron chi connectivity index (χ2n) is 7.62. The number of hydrogen-bond donors (Lipinski definition) is 0. The quantitative estimate of drug-likeness (QED) is 0.569. The van der Waals surface area contributed by atoms with E-state index in [0.29, 0.717) is 37.9 Å². The number of ether oxygens (including phenoxy) is 1. The Bertz CT molecular complexity index is 929. The number of aryl methyl sites for hydroxylation is 2. The first-order valence-corrected chi connectivity index (χ1v) is 10.3. The van der Waals surface area contributed by atoms with Gasteiger partial charge in [-0.3, -0.25) is 9.59 Å². The molecule has 1 amide bonds. The number of benzene rings is 2. The molecule has 1 fully saturated rings. The van der Waals surface area contributed by atoms with Gasteiger partial charge in [0.2, 0.25) is 0 Å². The summed E-state index contributed by atoms with van der Waals surface area (Å²) in [4.78, 5) is 27.5. The molecule has 0 aromatic heterocycles. The van der Waals surface area contributed by atoms with Gasteiger partial charge >= 0.3 is 0 Å². The zero-order valence-electron chi connectivity index (χ0n) is 15.5. The van der Waals surface area contributed by atoms with Crippen LogP contribution in [0.2, 0.25) is 0 Å². The highest BCUT2D eigenvalue weighted by Crippen LogP contribution is 2.41. The molecule has 0 radical (unpaired) electrons. The highest BCUT2D eigenvalue weighted by molar-refractivity contribution is 14.1. The minimum Gasteiger partial charge on any atom is -0.486 e. The maximum absolute atomic E-state index is 12.9. The first-order chi connectivity index (χ1) is 12.9. The topological polar surface area (TPSA) is 46.6 Å². The zero-order valence-corrected chi connectivity index (χ0v) is 17.7. The molecule has 0 bridgehead atoms. The maximum Gasteiger partial charge on any atom is 0.254 e. The monoisotopic (exact) mass is 475 g/mol. The number of carbonyl (C=O) groups excluding carboxylic acids is 2. The summed E-state index contributed by atoms with van der Waals surface area (Å²) in [6, 6.07) is 11.6. The molecule has 2 aromatic rings. The highest BCUT2D eigenvalue weighted by Gasteiger charge is 2.44. The van der Waals surface area contributed by atoms with Gasteiger partial charge in [0.15, 0.2) is 5.78 Å². The minimum absolute atomic E-state index is 0.0594. The van der Waals surface area contributed by atoms with Crippen molar-refractivity contribution in [3.63, 3.8) is 0 Å². The van der Waals surface area contributed by atoms with E-state index in [9.17, 15) is 9.59 Å². The van der Waals surface area contributed by atoms with E-state index >= 15 is 0 Å². The number of likely N-dealkylation sites (tertiary alicyclic amines) is 1. The number of Topliss-reactive ketones (excluding diaryl/α,β-unsaturated/α-hetero) is 1. The third-order valence-corrected chi connectivity index (χ3v) is 6.53. The molecule has 0 saturated carbocycles. The molecule has 0 atom stereocenters. The number of piperidine rings is 1. The molecular weight excluding hydrogens is 453 g/mol. The van der Waals surface area contributed by atoms with Crippen LogP contribution in [0.15, 0.2) is 36.4 Å². The molecule has 2 aliphatic rings. The van der Waals surface area contributed by atoms with Crippen molar-refractivity contribution in [2.45, 2.75) is 38.7 Å². The van der Waals surface area contributed by atoms with Crippen molar-refractivity contribution in [2.75, 3.05) is 13.1 Å². The van der Waals surface area contributed by atoms with E-state index in [2.05, 4.69) is 28.7 Å². The number of ketones is 1. The van der Waals surface area contributed by atoms with E-state index in [1.807, 2.05) is 49.1 Å². The smallest absolute Gasteiger partial charge is 0.254 e. The highest BCUT2D eigenvalue weighted by atomic mass is 127. The standard InChI is InChI=1S/C22H22INO3/c1-14-11-15(2)20-17(12-14)19(25)13-22(27-20)7-9-24(10-8-22)21(26)16-5-3-4-6-18(16)23/h3-6,11-12H,7-10,13H2,1-2H3. The molecule has 1 saturated heterocycles. The summed E-state index contributed by atoms with van der Waals surface area (Å²) >= 11 is 2.20. The van der Waals surface area contributed by atoms with Crippen LogP contribution < -0.4 is 4.74 Å². The van der Waals surface area contributed by atoms with Crippen molar-refractivity contribution >= 4 is 34.3 Å². The fraction of sp³-hybridized carbons (Fsp3) is 0.364. The van der Waals surface area contributed by atoms with Crippen LogP contribution in [0, 0.1) is 17.4 Å². The lowest BCUT2D eigenvalue weighted by Crippen LogP contribution is -2.52. The molecule has 0 N–H and O–H groups in total. The van der Waals surface area contributed by atoms with E-state index in [1.54, 1.807) is 0 Å². The van der Waals surface area contributed by atoms with Crippen molar-refractivity contribution in [1.29, 1.82) is 0 Å². The van der Waals surface area contributed by atoms with Crippen LogP contribution in [-0.4, -0.2) is 35.3 Å². The van der Waals surface area contributed by atoms with Crippen LogP contribution in [0.3, 0.4) is 0 Å². The van der Waals surface area contributed by atoms with Gasteiger partial charge in [0, 0.05) is 29.5 Å². The van der Waals surface area contributed by atoms with Crippen LogP contribution >= 0.6 is 22.6 Å². The predicted molar refractivity (Wildman–Crippen MR) is 113 cm³/mol. The SMILES string of the molecule is Cc1cc(C)c2c(c1)C(=O)CC1(CCN(C(=O)c3ccccc3I)CC1)O2. The minimum atomic E-state index is -0.481. The summed E-state index contributed by atoms with van der Waals surface area (Å²) in [6.07, 6.45) is 1.76. The Labute approximate surface area is 173 Å². The normalized spacial score (nSPS) is 18.2. The molecule has 2 aromatic carbocycles. The molecule has 4 nitrogen and oxygen atoms in total. The van der Waals surface area contributed by atoms with Crippen molar-refractivity contribution in [3.05, 3.63) is 62.2 Å². The molecule has 2 aliphatic heterocycles. The second kappa shape index (κ2) is 6.93. The maximum atomic E-state index is 12.9. The Kier molecular flexibility index (Phi) is 4.74. The fourth-order valence-corrected chi connectivity index (χ4v) is 4.76. The lowest BCUT2D eigenvalue weighted by molar-refractivity contribution is -0.00621. The summed E-state index contributed by atoms with van der Waals surface area (Å²) in [5, 5.41) is 0. The van der Waals surface area contributed by atoms with Gasteiger partial charge in [-0.05, 0) is 65.8 Å². The van der Waals surface area contributed by atoms with Crippen LogP contribution in [0.25, 0.3) is 0 Å². The van der Waals surface area contributed by atoms with Crippen LogP contribution in [0.4, 0.5) is 0 Å². The van der Waals surface area contributed by atoms with E-state index in [1.165, 1.54) is 0 Å². The number of fused-ring (bicyclic) bond motifs is 1. The molecule has 27 heavy (non-hydrogen) atoms. The Hall–Kier alpha value is -1.89. The largest absolute Gasteiger partial charge is 0.486 e. The Morgan fingerprint density at radius 1 is 1.15 bits per heavy atom. The molecule has 4 rings (SSSR count). The molecule has 140 valence electrons. The van der Waals surface area contributed by atoms with Crippen molar-refractivity contribution in [1.82, 2.24) is 4.90 Å². The first kappa shape index (κ1) is 18.5. The number of hydrogen-bond acceptors (Lipinski definition) is 3. The average Bonchev–Trinajstić information content (AvgIpc) is 2.63. The molecule has 0 aliphatic carbocycles. The summed E-state index contributed by atoms with van der Waals surface area (Å²) < 4.78 is 7.38.